The lowest BCUT2D eigenvalue weighted by Crippen LogP contribution is -2.35. The molecule has 2 aromatic rings. The topological polar surface area (TPSA) is 62.2 Å². The zero-order chi connectivity index (χ0) is 13.1. The van der Waals surface area contributed by atoms with E-state index in [4.69, 9.17) is 16.7 Å². The highest BCUT2D eigenvalue weighted by atomic mass is 35.5. The number of amides is 1. The van der Waals surface area contributed by atoms with Crippen molar-refractivity contribution in [1.82, 2.24) is 10.3 Å². The van der Waals surface area contributed by atoms with Crippen LogP contribution in [0.1, 0.15) is 17.3 Å². The van der Waals surface area contributed by atoms with E-state index >= 15 is 0 Å². The molecule has 18 heavy (non-hydrogen) atoms. The van der Waals surface area contributed by atoms with Crippen molar-refractivity contribution in [3.8, 4) is 0 Å². The minimum atomic E-state index is -0.299. The molecule has 0 radical (unpaired) electrons. The second kappa shape index (κ2) is 5.33. The predicted octanol–water partition coefficient (Wildman–Crippen LogP) is 2.00. The number of rotatable bonds is 3. The van der Waals surface area contributed by atoms with Crippen LogP contribution in [0.25, 0.3) is 10.8 Å². The van der Waals surface area contributed by atoms with Gasteiger partial charge in [0.2, 0.25) is 0 Å². The van der Waals surface area contributed by atoms with Crippen LogP contribution in [0.2, 0.25) is 5.15 Å². The van der Waals surface area contributed by atoms with Gasteiger partial charge >= 0.3 is 0 Å². The van der Waals surface area contributed by atoms with Crippen LogP contribution >= 0.6 is 11.6 Å². The monoisotopic (exact) mass is 264 g/mol. The molecule has 2 N–H and O–H groups in total. The van der Waals surface area contributed by atoms with Crippen molar-refractivity contribution in [2.45, 2.75) is 13.0 Å². The lowest BCUT2D eigenvalue weighted by molar-refractivity contribution is 0.0923. The van der Waals surface area contributed by atoms with Crippen molar-refractivity contribution < 1.29 is 9.90 Å². The van der Waals surface area contributed by atoms with Crippen LogP contribution in [0.3, 0.4) is 0 Å². The molecule has 1 aromatic carbocycles. The Hall–Kier alpha value is -1.65. The second-order valence-electron chi connectivity index (χ2n) is 4.07. The molecule has 0 aliphatic heterocycles. The summed E-state index contributed by atoms with van der Waals surface area (Å²) in [7, 11) is 0. The van der Waals surface area contributed by atoms with E-state index in [0.29, 0.717) is 10.7 Å². The Balaban J connectivity index is 2.45. The van der Waals surface area contributed by atoms with Gasteiger partial charge in [-0.05, 0) is 12.3 Å². The molecule has 0 spiro atoms. The highest BCUT2D eigenvalue weighted by Gasteiger charge is 2.14. The number of nitrogens with one attached hydrogen (secondary N) is 1. The summed E-state index contributed by atoms with van der Waals surface area (Å²) < 4.78 is 0. The van der Waals surface area contributed by atoms with E-state index in [1.807, 2.05) is 24.3 Å². The molecule has 0 fully saturated rings. The molecule has 1 aromatic heterocycles. The van der Waals surface area contributed by atoms with E-state index in [1.54, 1.807) is 6.92 Å². The standard InChI is InChI=1S/C13H13ClN2O2/c1-8(7-17)16-13(18)11-6-15-12(14)10-5-3-2-4-9(10)11/h2-6,8,17H,7H2,1H3,(H,16,18)/t8-/m1/s1. The average Bonchev–Trinajstić information content (AvgIpc) is 2.39. The number of nitrogens with zero attached hydrogens (tertiary/aromatic N) is 1. The zero-order valence-corrected chi connectivity index (χ0v) is 10.6. The lowest BCUT2D eigenvalue weighted by Gasteiger charge is -2.12. The molecule has 0 saturated carbocycles. The largest absolute Gasteiger partial charge is 0.394 e. The number of halogens is 1. The highest BCUT2D eigenvalue weighted by molar-refractivity contribution is 6.34. The van der Waals surface area contributed by atoms with E-state index in [1.165, 1.54) is 6.20 Å². The maximum absolute atomic E-state index is 12.0. The first-order chi connectivity index (χ1) is 8.63. The number of carbonyl (C=O) groups excluding carboxylic acids is 1. The first kappa shape index (κ1) is 12.8. The third-order valence-corrected chi connectivity index (χ3v) is 2.94. The van der Waals surface area contributed by atoms with Crippen molar-refractivity contribution in [3.05, 3.63) is 41.2 Å². The molecule has 0 bridgehead atoms. The maximum atomic E-state index is 12.0. The number of aliphatic hydroxyl groups is 1. The number of aromatic nitrogens is 1. The molecule has 1 amide bonds. The highest BCUT2D eigenvalue weighted by Crippen LogP contribution is 2.24. The SMILES string of the molecule is C[C@H](CO)NC(=O)c1cnc(Cl)c2ccccc12. The average molecular weight is 265 g/mol. The summed E-state index contributed by atoms with van der Waals surface area (Å²) in [5.41, 5.74) is 0.454. The number of hydrogen-bond acceptors (Lipinski definition) is 3. The first-order valence-corrected chi connectivity index (χ1v) is 5.96. The van der Waals surface area contributed by atoms with Crippen LogP contribution in [0.5, 0.6) is 0 Å². The molecular weight excluding hydrogens is 252 g/mol. The Labute approximate surface area is 110 Å². The Morgan fingerprint density at radius 3 is 2.78 bits per heavy atom. The van der Waals surface area contributed by atoms with Crippen LogP contribution in [-0.4, -0.2) is 28.6 Å². The molecule has 1 atom stereocenters. The van der Waals surface area contributed by atoms with Gasteiger partial charge in [-0.3, -0.25) is 4.79 Å². The van der Waals surface area contributed by atoms with Crippen molar-refractivity contribution in [2.24, 2.45) is 0 Å². The smallest absolute Gasteiger partial charge is 0.253 e. The molecule has 1 heterocycles. The summed E-state index contributed by atoms with van der Waals surface area (Å²) in [6.45, 7) is 1.62. The molecule has 0 unspecified atom stereocenters. The molecule has 0 aliphatic carbocycles. The summed E-state index contributed by atoms with van der Waals surface area (Å²) in [4.78, 5) is 16.0. The van der Waals surface area contributed by atoms with Gasteiger partial charge in [-0.1, -0.05) is 35.9 Å². The molecular formula is C13H13ClN2O2. The third kappa shape index (κ3) is 2.44. The van der Waals surface area contributed by atoms with Gasteiger partial charge in [-0.15, -0.1) is 0 Å². The third-order valence-electron chi connectivity index (χ3n) is 2.64. The minimum Gasteiger partial charge on any atom is -0.394 e. The summed E-state index contributed by atoms with van der Waals surface area (Å²) in [5, 5.41) is 13.5. The van der Waals surface area contributed by atoms with Gasteiger partial charge in [0.15, 0.2) is 0 Å². The number of carbonyl (C=O) groups is 1. The summed E-state index contributed by atoms with van der Waals surface area (Å²) in [6.07, 6.45) is 1.45. The van der Waals surface area contributed by atoms with Crippen LogP contribution in [0.15, 0.2) is 30.5 Å². The van der Waals surface area contributed by atoms with Gasteiger partial charge in [0, 0.05) is 17.6 Å². The zero-order valence-electron chi connectivity index (χ0n) is 9.85. The number of benzene rings is 1. The fourth-order valence-electron chi connectivity index (χ4n) is 1.69. The quantitative estimate of drug-likeness (QED) is 0.834. The van der Waals surface area contributed by atoms with Gasteiger partial charge in [-0.25, -0.2) is 4.98 Å². The van der Waals surface area contributed by atoms with Crippen molar-refractivity contribution in [1.29, 1.82) is 0 Å². The van der Waals surface area contributed by atoms with Crippen LogP contribution in [0, 0.1) is 0 Å². The van der Waals surface area contributed by atoms with Crippen LogP contribution < -0.4 is 5.32 Å². The summed E-state index contributed by atoms with van der Waals surface area (Å²) in [5.74, 6) is -0.267. The van der Waals surface area contributed by atoms with Gasteiger partial charge in [0.25, 0.3) is 5.91 Å². The molecule has 94 valence electrons. The van der Waals surface area contributed by atoms with E-state index in [2.05, 4.69) is 10.3 Å². The Morgan fingerprint density at radius 1 is 1.44 bits per heavy atom. The lowest BCUT2D eigenvalue weighted by atomic mass is 10.1. The first-order valence-electron chi connectivity index (χ1n) is 5.58. The Kier molecular flexibility index (Phi) is 3.79. The molecule has 2 rings (SSSR count). The molecule has 5 heteroatoms. The van der Waals surface area contributed by atoms with Crippen molar-refractivity contribution in [3.63, 3.8) is 0 Å². The van der Waals surface area contributed by atoms with E-state index in [9.17, 15) is 4.79 Å². The Morgan fingerprint density at radius 2 is 2.11 bits per heavy atom. The van der Waals surface area contributed by atoms with Gasteiger partial charge in [0.05, 0.1) is 12.2 Å². The van der Waals surface area contributed by atoms with Crippen LogP contribution in [-0.2, 0) is 0 Å². The van der Waals surface area contributed by atoms with Gasteiger partial charge in [0.1, 0.15) is 5.15 Å². The summed E-state index contributed by atoms with van der Waals surface area (Å²) in [6, 6.07) is 7.02. The number of hydrogen-bond donors (Lipinski definition) is 2. The van der Waals surface area contributed by atoms with Crippen molar-refractivity contribution >= 4 is 28.3 Å². The normalized spacial score (nSPS) is 12.4. The fourth-order valence-corrected chi connectivity index (χ4v) is 1.90. The molecule has 0 saturated heterocycles. The minimum absolute atomic E-state index is 0.106. The van der Waals surface area contributed by atoms with Crippen molar-refractivity contribution in [2.75, 3.05) is 6.61 Å². The fraction of sp³-hybridized carbons (Fsp3) is 0.231. The molecule has 4 nitrogen and oxygen atoms in total. The maximum Gasteiger partial charge on any atom is 0.253 e. The summed E-state index contributed by atoms with van der Waals surface area (Å²) >= 11 is 5.98. The van der Waals surface area contributed by atoms with E-state index in [0.717, 1.165) is 10.8 Å². The number of aliphatic hydroxyl groups excluding tert-OH is 1. The number of fused-ring (bicyclic) bond motifs is 1. The van der Waals surface area contributed by atoms with Crippen LogP contribution in [0.4, 0.5) is 0 Å². The van der Waals surface area contributed by atoms with Gasteiger partial charge in [-0.2, -0.15) is 0 Å². The van der Waals surface area contributed by atoms with Gasteiger partial charge < -0.3 is 10.4 Å². The number of pyridine rings is 1. The molecule has 0 aliphatic rings. The van der Waals surface area contributed by atoms with E-state index in [-0.39, 0.29) is 18.6 Å². The predicted molar refractivity (Wildman–Crippen MR) is 70.8 cm³/mol. The van der Waals surface area contributed by atoms with E-state index < -0.39 is 0 Å². The Bertz CT molecular complexity index is 586. The second-order valence-corrected chi connectivity index (χ2v) is 4.42.